The van der Waals surface area contributed by atoms with Crippen LogP contribution in [0.3, 0.4) is 0 Å². The SMILES string of the molecule is CCOC(=O)COc1cccc2c1CCC(C=NOC(c1ccccc1)c1ccccc1)C2. The summed E-state index contributed by atoms with van der Waals surface area (Å²) in [7, 11) is 0. The molecule has 0 heterocycles. The summed E-state index contributed by atoms with van der Waals surface area (Å²) in [5.74, 6) is 0.699. The summed E-state index contributed by atoms with van der Waals surface area (Å²) >= 11 is 0. The highest BCUT2D eigenvalue weighted by atomic mass is 16.6. The van der Waals surface area contributed by atoms with Crippen LogP contribution in [0.5, 0.6) is 5.75 Å². The first-order chi connectivity index (χ1) is 16.2. The van der Waals surface area contributed by atoms with Gasteiger partial charge in [0, 0.05) is 12.1 Å². The van der Waals surface area contributed by atoms with Crippen molar-refractivity contribution in [3.8, 4) is 5.75 Å². The molecule has 3 aromatic rings. The van der Waals surface area contributed by atoms with Gasteiger partial charge in [0.05, 0.1) is 6.61 Å². The molecule has 0 amide bonds. The number of hydrogen-bond acceptors (Lipinski definition) is 5. The van der Waals surface area contributed by atoms with Crippen LogP contribution in [0.1, 0.15) is 41.7 Å². The maximum atomic E-state index is 11.6. The smallest absolute Gasteiger partial charge is 0.344 e. The van der Waals surface area contributed by atoms with E-state index in [4.69, 9.17) is 14.3 Å². The van der Waals surface area contributed by atoms with Crippen molar-refractivity contribution >= 4 is 12.2 Å². The van der Waals surface area contributed by atoms with Gasteiger partial charge in [0.25, 0.3) is 0 Å². The molecule has 5 heteroatoms. The molecule has 0 saturated heterocycles. The Morgan fingerprint density at radius 1 is 1.00 bits per heavy atom. The Hall–Kier alpha value is -3.60. The van der Waals surface area contributed by atoms with Crippen molar-refractivity contribution in [2.45, 2.75) is 32.3 Å². The van der Waals surface area contributed by atoms with Crippen LogP contribution in [0.2, 0.25) is 0 Å². The molecular weight excluding hydrogens is 414 g/mol. The molecule has 170 valence electrons. The van der Waals surface area contributed by atoms with E-state index in [9.17, 15) is 4.79 Å². The second-order valence-electron chi connectivity index (χ2n) is 8.05. The van der Waals surface area contributed by atoms with Crippen LogP contribution in [0, 0.1) is 5.92 Å². The van der Waals surface area contributed by atoms with Crippen LogP contribution >= 0.6 is 0 Å². The number of carbonyl (C=O) groups excluding carboxylic acids is 1. The number of oxime groups is 1. The summed E-state index contributed by atoms with van der Waals surface area (Å²) in [5, 5.41) is 4.41. The second-order valence-corrected chi connectivity index (χ2v) is 8.05. The number of nitrogens with zero attached hydrogens (tertiary/aromatic N) is 1. The monoisotopic (exact) mass is 443 g/mol. The van der Waals surface area contributed by atoms with Crippen molar-refractivity contribution in [2.24, 2.45) is 11.1 Å². The third-order valence-electron chi connectivity index (χ3n) is 5.77. The van der Waals surface area contributed by atoms with Crippen molar-refractivity contribution < 1.29 is 19.1 Å². The van der Waals surface area contributed by atoms with Crippen molar-refractivity contribution in [1.82, 2.24) is 0 Å². The molecule has 0 spiro atoms. The van der Waals surface area contributed by atoms with E-state index in [1.807, 2.05) is 54.7 Å². The molecule has 0 aliphatic heterocycles. The van der Waals surface area contributed by atoms with Gasteiger partial charge in [0.2, 0.25) is 0 Å². The molecule has 0 saturated carbocycles. The van der Waals surface area contributed by atoms with Gasteiger partial charge >= 0.3 is 5.97 Å². The Labute approximate surface area is 195 Å². The third-order valence-corrected chi connectivity index (χ3v) is 5.77. The third kappa shape index (κ3) is 6.01. The predicted molar refractivity (Wildman–Crippen MR) is 128 cm³/mol. The molecule has 1 unspecified atom stereocenters. The fourth-order valence-electron chi connectivity index (χ4n) is 4.15. The summed E-state index contributed by atoms with van der Waals surface area (Å²) in [5.41, 5.74) is 4.53. The number of carbonyl (C=O) groups is 1. The lowest BCUT2D eigenvalue weighted by atomic mass is 9.84. The van der Waals surface area contributed by atoms with Gasteiger partial charge in [0.15, 0.2) is 12.7 Å². The minimum Gasteiger partial charge on any atom is -0.482 e. The zero-order valence-corrected chi connectivity index (χ0v) is 18.9. The number of esters is 1. The van der Waals surface area contributed by atoms with E-state index in [1.54, 1.807) is 6.92 Å². The molecule has 0 bridgehead atoms. The Kier molecular flexibility index (Phi) is 7.75. The van der Waals surface area contributed by atoms with Crippen molar-refractivity contribution in [1.29, 1.82) is 0 Å². The number of rotatable bonds is 9. The predicted octanol–water partition coefficient (Wildman–Crippen LogP) is 5.53. The van der Waals surface area contributed by atoms with Crippen LogP contribution < -0.4 is 4.74 Å². The molecule has 5 nitrogen and oxygen atoms in total. The Bertz CT molecular complexity index is 1030. The molecule has 0 radical (unpaired) electrons. The zero-order valence-electron chi connectivity index (χ0n) is 18.9. The molecule has 33 heavy (non-hydrogen) atoms. The number of benzene rings is 3. The lowest BCUT2D eigenvalue weighted by molar-refractivity contribution is -0.145. The lowest BCUT2D eigenvalue weighted by Gasteiger charge is -2.24. The Morgan fingerprint density at radius 2 is 1.70 bits per heavy atom. The van der Waals surface area contributed by atoms with E-state index >= 15 is 0 Å². The second kappa shape index (κ2) is 11.3. The quantitative estimate of drug-likeness (QED) is 0.248. The van der Waals surface area contributed by atoms with Gasteiger partial charge in [-0.2, -0.15) is 0 Å². The van der Waals surface area contributed by atoms with Crippen molar-refractivity contribution in [3.63, 3.8) is 0 Å². The first-order valence-electron chi connectivity index (χ1n) is 11.4. The van der Waals surface area contributed by atoms with Gasteiger partial charge in [-0.3, -0.25) is 0 Å². The van der Waals surface area contributed by atoms with Gasteiger partial charge in [-0.15, -0.1) is 0 Å². The molecule has 0 aromatic heterocycles. The average molecular weight is 444 g/mol. The minimum absolute atomic E-state index is 0.0661. The molecule has 1 aliphatic carbocycles. The molecule has 0 fully saturated rings. The molecular formula is C28H29NO4. The van der Waals surface area contributed by atoms with E-state index in [1.165, 1.54) is 11.1 Å². The van der Waals surface area contributed by atoms with Crippen LogP contribution in [0.25, 0.3) is 0 Å². The van der Waals surface area contributed by atoms with Gasteiger partial charge in [-0.05, 0) is 54.5 Å². The summed E-state index contributed by atoms with van der Waals surface area (Å²) in [6.07, 6.45) is 4.35. The Balaban J connectivity index is 1.41. The summed E-state index contributed by atoms with van der Waals surface area (Å²) in [4.78, 5) is 17.6. The Morgan fingerprint density at radius 3 is 2.36 bits per heavy atom. The maximum Gasteiger partial charge on any atom is 0.344 e. The molecule has 4 rings (SSSR count). The van der Waals surface area contributed by atoms with E-state index in [2.05, 4.69) is 35.5 Å². The van der Waals surface area contributed by atoms with Gasteiger partial charge in [-0.1, -0.05) is 78.0 Å². The fraction of sp³-hybridized carbons (Fsp3) is 0.286. The molecule has 0 N–H and O–H groups in total. The van der Waals surface area contributed by atoms with Crippen molar-refractivity contribution in [3.05, 3.63) is 101 Å². The van der Waals surface area contributed by atoms with Crippen molar-refractivity contribution in [2.75, 3.05) is 13.2 Å². The normalized spacial score (nSPS) is 15.3. The minimum atomic E-state index is -0.348. The number of fused-ring (bicyclic) bond motifs is 1. The zero-order chi connectivity index (χ0) is 22.9. The standard InChI is InChI=1S/C28H29NO4/c1-2-31-27(30)20-32-26-15-9-14-24-18-21(16-17-25(24)26)19-29-33-28(22-10-5-3-6-11-22)23-12-7-4-8-13-23/h3-15,19,21,28H,2,16-18,20H2,1H3. The lowest BCUT2D eigenvalue weighted by Crippen LogP contribution is -2.19. The van der Waals surface area contributed by atoms with Crippen LogP contribution in [0.15, 0.2) is 84.0 Å². The highest BCUT2D eigenvalue weighted by Crippen LogP contribution is 2.32. The van der Waals surface area contributed by atoms with Crippen LogP contribution in [0.4, 0.5) is 0 Å². The van der Waals surface area contributed by atoms with E-state index in [0.717, 1.165) is 36.1 Å². The summed E-state index contributed by atoms with van der Waals surface area (Å²) in [6, 6.07) is 26.3. The highest BCUT2D eigenvalue weighted by Gasteiger charge is 2.21. The molecule has 1 atom stereocenters. The highest BCUT2D eigenvalue weighted by molar-refractivity contribution is 5.71. The first-order valence-corrected chi connectivity index (χ1v) is 11.4. The molecule has 1 aliphatic rings. The van der Waals surface area contributed by atoms with Crippen LogP contribution in [-0.2, 0) is 27.2 Å². The van der Waals surface area contributed by atoms with Gasteiger partial charge < -0.3 is 14.3 Å². The average Bonchev–Trinajstić information content (AvgIpc) is 2.86. The largest absolute Gasteiger partial charge is 0.482 e. The number of ether oxygens (including phenoxy) is 2. The van der Waals surface area contributed by atoms with Crippen LogP contribution in [-0.4, -0.2) is 25.4 Å². The maximum absolute atomic E-state index is 11.6. The van der Waals surface area contributed by atoms with E-state index < -0.39 is 0 Å². The van der Waals surface area contributed by atoms with Gasteiger partial charge in [-0.25, -0.2) is 4.79 Å². The summed E-state index contributed by atoms with van der Waals surface area (Å²) in [6.45, 7) is 2.08. The van der Waals surface area contributed by atoms with E-state index in [0.29, 0.717) is 6.61 Å². The number of hydrogen-bond donors (Lipinski definition) is 0. The van der Waals surface area contributed by atoms with E-state index in [-0.39, 0.29) is 24.6 Å². The molecule has 3 aromatic carbocycles. The fourth-order valence-corrected chi connectivity index (χ4v) is 4.15. The first kappa shape index (κ1) is 22.6. The topological polar surface area (TPSA) is 57.1 Å². The summed E-state index contributed by atoms with van der Waals surface area (Å²) < 4.78 is 10.7. The van der Waals surface area contributed by atoms with Gasteiger partial charge in [0.1, 0.15) is 5.75 Å².